The first-order valence-electron chi connectivity index (χ1n) is 9.89. The molecular weight excluding hydrogens is 352 g/mol. The molecule has 3 nitrogen and oxygen atoms in total. The first-order valence-corrected chi connectivity index (χ1v) is 10.7. The van der Waals surface area contributed by atoms with Gasteiger partial charge in [0.2, 0.25) is 0 Å². The second-order valence-electron chi connectivity index (χ2n) is 7.57. The van der Waals surface area contributed by atoms with Gasteiger partial charge >= 0.3 is 0 Å². The minimum atomic E-state index is 0.266. The van der Waals surface area contributed by atoms with Crippen molar-refractivity contribution in [3.05, 3.63) is 59.8 Å². The van der Waals surface area contributed by atoms with Crippen LogP contribution in [0.5, 0.6) is 5.75 Å². The second-order valence-corrected chi connectivity index (χ2v) is 8.74. The molecular formula is C23H28N2OS. The Labute approximate surface area is 166 Å². The van der Waals surface area contributed by atoms with Gasteiger partial charge in [0, 0.05) is 41.0 Å². The third kappa shape index (κ3) is 4.17. The summed E-state index contributed by atoms with van der Waals surface area (Å²) in [5.41, 5.74) is 4.04. The van der Waals surface area contributed by atoms with Crippen molar-refractivity contribution in [1.82, 2.24) is 9.29 Å². The van der Waals surface area contributed by atoms with E-state index >= 15 is 0 Å². The SMILES string of the molecule is CCC(C)Oc1ccc(SN2CCC(c3c[nH]c4ccc(C)cc34)C2)cc1. The molecule has 2 atom stereocenters. The Morgan fingerprint density at radius 3 is 2.81 bits per heavy atom. The van der Waals surface area contributed by atoms with Crippen molar-refractivity contribution in [2.45, 2.75) is 50.5 Å². The monoisotopic (exact) mass is 380 g/mol. The van der Waals surface area contributed by atoms with E-state index in [1.165, 1.54) is 33.3 Å². The maximum Gasteiger partial charge on any atom is 0.119 e. The van der Waals surface area contributed by atoms with Crippen LogP contribution in [0.25, 0.3) is 10.9 Å². The number of aromatic amines is 1. The lowest BCUT2D eigenvalue weighted by molar-refractivity contribution is 0.217. The first kappa shape index (κ1) is 18.5. The van der Waals surface area contributed by atoms with Crippen LogP contribution in [0.1, 0.15) is 43.7 Å². The molecule has 4 rings (SSSR count). The molecule has 1 aromatic heterocycles. The number of fused-ring (bicyclic) bond motifs is 1. The van der Waals surface area contributed by atoms with Crippen molar-refractivity contribution < 1.29 is 4.74 Å². The van der Waals surface area contributed by atoms with Gasteiger partial charge in [0.05, 0.1) is 6.10 Å². The molecule has 0 amide bonds. The van der Waals surface area contributed by atoms with Crippen LogP contribution in [-0.4, -0.2) is 28.5 Å². The maximum atomic E-state index is 5.88. The van der Waals surface area contributed by atoms with Gasteiger partial charge in [0.15, 0.2) is 0 Å². The summed E-state index contributed by atoms with van der Waals surface area (Å²) in [7, 11) is 0. The Hall–Kier alpha value is -1.91. The number of hydrogen-bond acceptors (Lipinski definition) is 3. The van der Waals surface area contributed by atoms with Gasteiger partial charge in [-0.15, -0.1) is 0 Å². The molecule has 142 valence electrons. The minimum Gasteiger partial charge on any atom is -0.491 e. The van der Waals surface area contributed by atoms with Crippen LogP contribution in [-0.2, 0) is 0 Å². The van der Waals surface area contributed by atoms with Crippen LogP contribution in [0.3, 0.4) is 0 Å². The smallest absolute Gasteiger partial charge is 0.119 e. The number of hydrogen-bond donors (Lipinski definition) is 1. The number of nitrogens with one attached hydrogen (secondary N) is 1. The number of rotatable bonds is 6. The van der Waals surface area contributed by atoms with Crippen LogP contribution in [0, 0.1) is 6.92 Å². The van der Waals surface area contributed by atoms with E-state index in [-0.39, 0.29) is 6.10 Å². The van der Waals surface area contributed by atoms with Crippen molar-refractivity contribution in [3.8, 4) is 5.75 Å². The predicted molar refractivity (Wildman–Crippen MR) is 115 cm³/mol. The standard InChI is InChI=1S/C23H28N2OS/c1-4-17(3)26-19-6-8-20(9-7-19)27-25-12-11-18(15-25)22-14-24-23-10-5-16(2)13-21(22)23/h5-10,13-14,17-18,24H,4,11-12,15H2,1-3H3. The van der Waals surface area contributed by atoms with Crippen LogP contribution >= 0.6 is 11.9 Å². The van der Waals surface area contributed by atoms with Crippen LogP contribution < -0.4 is 4.74 Å². The molecule has 2 unspecified atom stereocenters. The average molecular weight is 381 g/mol. The quantitative estimate of drug-likeness (QED) is 0.520. The molecule has 1 aliphatic heterocycles. The maximum absolute atomic E-state index is 5.88. The van der Waals surface area contributed by atoms with Gasteiger partial charge in [0.25, 0.3) is 0 Å². The highest BCUT2D eigenvalue weighted by molar-refractivity contribution is 7.97. The zero-order chi connectivity index (χ0) is 18.8. The number of aromatic nitrogens is 1. The summed E-state index contributed by atoms with van der Waals surface area (Å²) in [5.74, 6) is 1.56. The van der Waals surface area contributed by atoms with Crippen LogP contribution in [0.15, 0.2) is 53.6 Å². The third-order valence-corrected chi connectivity index (χ3v) is 6.50. The summed E-state index contributed by atoms with van der Waals surface area (Å²) in [5, 5.41) is 1.39. The van der Waals surface area contributed by atoms with Crippen LogP contribution in [0.2, 0.25) is 0 Å². The highest BCUT2D eigenvalue weighted by Gasteiger charge is 2.26. The average Bonchev–Trinajstić information content (AvgIpc) is 3.29. The van der Waals surface area contributed by atoms with E-state index < -0.39 is 0 Å². The van der Waals surface area contributed by atoms with Crippen molar-refractivity contribution >= 4 is 22.9 Å². The van der Waals surface area contributed by atoms with E-state index in [2.05, 4.69) is 78.7 Å². The van der Waals surface area contributed by atoms with E-state index in [1.54, 1.807) is 0 Å². The lowest BCUT2D eigenvalue weighted by Gasteiger charge is -2.16. The summed E-state index contributed by atoms with van der Waals surface area (Å²) in [4.78, 5) is 4.72. The number of benzene rings is 2. The van der Waals surface area contributed by atoms with Crippen LogP contribution in [0.4, 0.5) is 0 Å². The van der Waals surface area contributed by atoms with Gasteiger partial charge < -0.3 is 9.72 Å². The first-order chi connectivity index (χ1) is 13.1. The number of ether oxygens (including phenoxy) is 1. The molecule has 2 heterocycles. The molecule has 27 heavy (non-hydrogen) atoms. The zero-order valence-electron chi connectivity index (χ0n) is 16.4. The Balaban J connectivity index is 1.40. The van der Waals surface area contributed by atoms with Gasteiger partial charge in [-0.1, -0.05) is 18.6 Å². The fourth-order valence-electron chi connectivity index (χ4n) is 3.70. The highest BCUT2D eigenvalue weighted by atomic mass is 32.2. The van der Waals surface area contributed by atoms with Gasteiger partial charge in [-0.05, 0) is 80.6 Å². The normalized spacial score (nSPS) is 18.9. The molecule has 4 heteroatoms. The molecule has 0 saturated carbocycles. The van der Waals surface area contributed by atoms with Crippen molar-refractivity contribution in [2.75, 3.05) is 13.1 Å². The van der Waals surface area contributed by atoms with E-state index in [4.69, 9.17) is 4.74 Å². The van der Waals surface area contributed by atoms with E-state index in [9.17, 15) is 0 Å². The van der Waals surface area contributed by atoms with Gasteiger partial charge in [-0.2, -0.15) is 0 Å². The van der Waals surface area contributed by atoms with Gasteiger partial charge in [-0.3, -0.25) is 0 Å². The predicted octanol–water partition coefficient (Wildman–Crippen LogP) is 6.15. The minimum absolute atomic E-state index is 0.266. The van der Waals surface area contributed by atoms with E-state index in [0.717, 1.165) is 25.3 Å². The van der Waals surface area contributed by atoms with Crippen molar-refractivity contribution in [3.63, 3.8) is 0 Å². The molecule has 0 aliphatic carbocycles. The zero-order valence-corrected chi connectivity index (χ0v) is 17.2. The summed E-state index contributed by atoms with van der Waals surface area (Å²) in [6.45, 7) is 8.64. The topological polar surface area (TPSA) is 28.3 Å². The van der Waals surface area contributed by atoms with Gasteiger partial charge in [0.1, 0.15) is 5.75 Å². The van der Waals surface area contributed by atoms with E-state index in [1.807, 2.05) is 11.9 Å². The summed E-state index contributed by atoms with van der Waals surface area (Å²) in [6.07, 6.45) is 4.72. The van der Waals surface area contributed by atoms with Crippen molar-refractivity contribution in [1.29, 1.82) is 0 Å². The molecule has 1 N–H and O–H groups in total. The molecule has 1 aliphatic rings. The summed E-state index contributed by atoms with van der Waals surface area (Å²) < 4.78 is 8.37. The second kappa shape index (κ2) is 7.99. The molecule has 0 bridgehead atoms. The summed E-state index contributed by atoms with van der Waals surface area (Å²) in [6, 6.07) is 15.2. The Bertz CT molecular complexity index is 902. The number of nitrogens with zero attached hydrogens (tertiary/aromatic N) is 1. The Kier molecular flexibility index (Phi) is 5.46. The molecule has 0 radical (unpaired) electrons. The highest BCUT2D eigenvalue weighted by Crippen LogP contribution is 2.37. The number of aryl methyl sites for hydroxylation is 1. The molecule has 1 fully saturated rings. The summed E-state index contributed by atoms with van der Waals surface area (Å²) >= 11 is 1.86. The fraction of sp³-hybridized carbons (Fsp3) is 0.391. The molecule has 2 aromatic carbocycles. The molecule has 3 aromatic rings. The van der Waals surface area contributed by atoms with Crippen molar-refractivity contribution in [2.24, 2.45) is 0 Å². The Morgan fingerprint density at radius 2 is 2.04 bits per heavy atom. The molecule has 0 spiro atoms. The van der Waals surface area contributed by atoms with Gasteiger partial charge in [-0.25, -0.2) is 4.31 Å². The fourth-order valence-corrected chi connectivity index (χ4v) is 4.71. The van der Waals surface area contributed by atoms with E-state index in [0.29, 0.717) is 5.92 Å². The third-order valence-electron chi connectivity index (χ3n) is 5.43. The number of H-pyrrole nitrogens is 1. The largest absolute Gasteiger partial charge is 0.491 e. The molecule has 1 saturated heterocycles. The lowest BCUT2D eigenvalue weighted by Crippen LogP contribution is -2.11. The lowest BCUT2D eigenvalue weighted by atomic mass is 9.97. The Morgan fingerprint density at radius 1 is 1.22 bits per heavy atom.